The number of carbonyl (C=O) groups excluding carboxylic acids is 7. The standard InChI is InChI=1S/C41H56O17/c1-9-32-33(14-12-10-11-13-30(52-24(3)43)18-15-29-16-19-31(20-17-29)53-25(4)44)34(39(48)49-8)21-51-40(32)58-41-38(56-28(7)47)37(55-27(6)46)36(54-26(5)45)35(57-41)22-50-23(2)42/h16-17,19-21,30,32-33,35-38,40-41H,9-15,18,22H2,1-8H3/t30-,32-,33+,35-,36-,37+,38-,40+,41+/m1/s1. The van der Waals surface area contributed by atoms with Crippen molar-refractivity contribution >= 4 is 41.8 Å². The van der Waals surface area contributed by atoms with Gasteiger partial charge in [0.2, 0.25) is 12.6 Å². The van der Waals surface area contributed by atoms with Crippen LogP contribution in [0.25, 0.3) is 0 Å². The van der Waals surface area contributed by atoms with Crippen LogP contribution in [-0.2, 0) is 82.6 Å². The smallest absolute Gasteiger partial charge is 0.337 e. The van der Waals surface area contributed by atoms with Gasteiger partial charge in [-0.3, -0.25) is 28.8 Å². The van der Waals surface area contributed by atoms with Crippen LogP contribution in [0.4, 0.5) is 0 Å². The summed E-state index contributed by atoms with van der Waals surface area (Å²) in [7, 11) is 1.27. The van der Waals surface area contributed by atoms with E-state index in [1.165, 1.54) is 34.1 Å². The van der Waals surface area contributed by atoms with Crippen molar-refractivity contribution < 1.29 is 80.9 Å². The third-order valence-electron chi connectivity index (χ3n) is 9.52. The molecule has 1 aromatic carbocycles. The van der Waals surface area contributed by atoms with Crippen molar-refractivity contribution in [2.24, 2.45) is 11.8 Å². The lowest BCUT2D eigenvalue weighted by Crippen LogP contribution is -2.63. The predicted octanol–water partition coefficient (Wildman–Crippen LogP) is 4.58. The van der Waals surface area contributed by atoms with Crippen molar-refractivity contribution in [1.82, 2.24) is 0 Å². The molecular weight excluding hydrogens is 764 g/mol. The Morgan fingerprint density at radius 3 is 1.91 bits per heavy atom. The van der Waals surface area contributed by atoms with E-state index in [1.807, 2.05) is 19.1 Å². The summed E-state index contributed by atoms with van der Waals surface area (Å²) in [6.45, 7) is 8.71. The van der Waals surface area contributed by atoms with Crippen molar-refractivity contribution in [3.05, 3.63) is 41.7 Å². The molecule has 0 aliphatic carbocycles. The first-order chi connectivity index (χ1) is 27.5. The second-order valence-electron chi connectivity index (χ2n) is 14.1. The number of benzene rings is 1. The van der Waals surface area contributed by atoms with Crippen molar-refractivity contribution in [2.45, 2.75) is 143 Å². The number of hydrogen-bond acceptors (Lipinski definition) is 17. The van der Waals surface area contributed by atoms with Crippen LogP contribution in [-0.4, -0.2) is 98.6 Å². The van der Waals surface area contributed by atoms with E-state index in [0.29, 0.717) is 49.8 Å². The zero-order valence-electron chi connectivity index (χ0n) is 34.4. The van der Waals surface area contributed by atoms with Crippen molar-refractivity contribution in [1.29, 1.82) is 0 Å². The highest BCUT2D eigenvalue weighted by molar-refractivity contribution is 5.88. The molecule has 0 N–H and O–H groups in total. The topological polar surface area (TPSA) is 212 Å². The van der Waals surface area contributed by atoms with Crippen LogP contribution in [0.3, 0.4) is 0 Å². The van der Waals surface area contributed by atoms with Gasteiger partial charge in [0.1, 0.15) is 24.6 Å². The molecule has 0 amide bonds. The molecule has 58 heavy (non-hydrogen) atoms. The highest BCUT2D eigenvalue weighted by Crippen LogP contribution is 2.40. The lowest BCUT2D eigenvalue weighted by atomic mass is 9.79. The van der Waals surface area contributed by atoms with E-state index in [2.05, 4.69) is 0 Å². The van der Waals surface area contributed by atoms with Crippen molar-refractivity contribution in [2.75, 3.05) is 13.7 Å². The number of carbonyl (C=O) groups is 7. The minimum absolute atomic E-state index is 0.299. The first kappa shape index (κ1) is 47.3. The molecule has 322 valence electrons. The molecule has 2 aliphatic heterocycles. The largest absolute Gasteiger partial charge is 0.472 e. The molecule has 0 bridgehead atoms. The van der Waals surface area contributed by atoms with Gasteiger partial charge in [0, 0.05) is 53.4 Å². The molecule has 2 heterocycles. The molecule has 0 radical (unpaired) electrons. The van der Waals surface area contributed by atoms with E-state index in [-0.39, 0.29) is 12.1 Å². The summed E-state index contributed by atoms with van der Waals surface area (Å²) in [6, 6.07) is 7.16. The van der Waals surface area contributed by atoms with Gasteiger partial charge in [-0.05, 0) is 56.2 Å². The monoisotopic (exact) mass is 820 g/mol. The molecule has 3 rings (SSSR count). The van der Waals surface area contributed by atoms with Crippen LogP contribution in [0, 0.1) is 11.8 Å². The number of hydrogen-bond donors (Lipinski definition) is 0. The Morgan fingerprint density at radius 1 is 0.707 bits per heavy atom. The van der Waals surface area contributed by atoms with E-state index >= 15 is 0 Å². The van der Waals surface area contributed by atoms with Gasteiger partial charge < -0.3 is 47.4 Å². The van der Waals surface area contributed by atoms with Gasteiger partial charge in [-0.25, -0.2) is 4.79 Å². The Labute approximate surface area is 338 Å². The summed E-state index contributed by atoms with van der Waals surface area (Å²) in [6.07, 6.45) is -2.14. The molecule has 17 heteroatoms. The minimum atomic E-state index is -1.49. The number of ether oxygens (including phenoxy) is 10. The Bertz CT molecular complexity index is 1600. The average Bonchev–Trinajstić information content (AvgIpc) is 3.14. The highest BCUT2D eigenvalue weighted by atomic mass is 16.8. The SMILES string of the molecule is CC[C@H]1[C@H](O[C@@H]2O[C@H](COC(C)=O)[C@@H](OC(C)=O)[C@H](OC(C)=O)[C@H]2OC(C)=O)OC=C(C(=O)OC)[C@H]1CCCCC[C@H](CCc1ccc(OC(C)=O)cc1)OC(C)=O. The Balaban J connectivity index is 1.77. The zero-order chi connectivity index (χ0) is 42.9. The Morgan fingerprint density at radius 2 is 1.34 bits per heavy atom. The Hall–Kier alpha value is -5.03. The molecule has 1 fully saturated rings. The minimum Gasteiger partial charge on any atom is -0.472 e. The maximum Gasteiger partial charge on any atom is 0.337 e. The molecular formula is C41H56O17. The van der Waals surface area contributed by atoms with Crippen LogP contribution >= 0.6 is 0 Å². The first-order valence-electron chi connectivity index (χ1n) is 19.4. The second kappa shape index (κ2) is 23.4. The molecule has 0 spiro atoms. The fourth-order valence-electron chi connectivity index (χ4n) is 7.10. The number of methoxy groups -OCH3 is 1. The molecule has 0 aromatic heterocycles. The van der Waals surface area contributed by atoms with Gasteiger partial charge in [0.05, 0.1) is 18.9 Å². The van der Waals surface area contributed by atoms with Gasteiger partial charge in [0.25, 0.3) is 0 Å². The highest BCUT2D eigenvalue weighted by Gasteiger charge is 2.54. The molecule has 0 saturated carbocycles. The quantitative estimate of drug-likeness (QED) is 0.0762. The summed E-state index contributed by atoms with van der Waals surface area (Å²) in [5, 5.41) is 0. The van der Waals surface area contributed by atoms with Crippen molar-refractivity contribution in [3.63, 3.8) is 0 Å². The fourth-order valence-corrected chi connectivity index (χ4v) is 7.10. The van der Waals surface area contributed by atoms with Gasteiger partial charge in [-0.2, -0.15) is 0 Å². The normalized spacial score (nSPS) is 24.4. The second-order valence-corrected chi connectivity index (χ2v) is 14.1. The van der Waals surface area contributed by atoms with E-state index < -0.39 is 91.3 Å². The first-order valence-corrected chi connectivity index (χ1v) is 19.4. The number of aryl methyl sites for hydroxylation is 1. The van der Waals surface area contributed by atoms with Crippen LogP contribution in [0.2, 0.25) is 0 Å². The average molecular weight is 821 g/mol. The van der Waals surface area contributed by atoms with Crippen LogP contribution in [0.1, 0.15) is 99.0 Å². The number of unbranched alkanes of at least 4 members (excludes halogenated alkanes) is 2. The summed E-state index contributed by atoms with van der Waals surface area (Å²) in [5.41, 5.74) is 1.30. The lowest BCUT2D eigenvalue weighted by molar-refractivity contribution is -0.344. The number of esters is 7. The van der Waals surface area contributed by atoms with E-state index in [9.17, 15) is 33.6 Å². The van der Waals surface area contributed by atoms with E-state index in [1.54, 1.807) is 12.1 Å². The fraction of sp³-hybridized carbons (Fsp3) is 0.634. The molecule has 9 atom stereocenters. The van der Waals surface area contributed by atoms with Crippen LogP contribution in [0.15, 0.2) is 36.1 Å². The Kier molecular flexibility index (Phi) is 19.1. The van der Waals surface area contributed by atoms with E-state index in [4.69, 9.17) is 47.4 Å². The van der Waals surface area contributed by atoms with Crippen LogP contribution in [0.5, 0.6) is 5.75 Å². The summed E-state index contributed by atoms with van der Waals surface area (Å²) < 4.78 is 56.0. The van der Waals surface area contributed by atoms with Gasteiger partial charge in [-0.1, -0.05) is 31.9 Å². The molecule has 2 aliphatic rings. The van der Waals surface area contributed by atoms with E-state index in [0.717, 1.165) is 39.2 Å². The van der Waals surface area contributed by atoms with Crippen LogP contribution < -0.4 is 4.74 Å². The third-order valence-corrected chi connectivity index (χ3v) is 9.52. The summed E-state index contributed by atoms with van der Waals surface area (Å²) in [4.78, 5) is 84.7. The maximum atomic E-state index is 13.0. The summed E-state index contributed by atoms with van der Waals surface area (Å²) in [5.74, 6) is -4.79. The maximum absolute atomic E-state index is 13.0. The number of rotatable bonds is 20. The lowest BCUT2D eigenvalue weighted by Gasteiger charge is -2.46. The van der Waals surface area contributed by atoms with Gasteiger partial charge >= 0.3 is 41.8 Å². The summed E-state index contributed by atoms with van der Waals surface area (Å²) >= 11 is 0. The van der Waals surface area contributed by atoms with Crippen molar-refractivity contribution in [3.8, 4) is 5.75 Å². The molecule has 1 saturated heterocycles. The predicted molar refractivity (Wildman–Crippen MR) is 200 cm³/mol. The molecule has 1 aromatic rings. The zero-order valence-corrected chi connectivity index (χ0v) is 34.4. The molecule has 0 unspecified atom stereocenters. The van der Waals surface area contributed by atoms with Gasteiger partial charge in [-0.15, -0.1) is 0 Å². The van der Waals surface area contributed by atoms with Gasteiger partial charge in [0.15, 0.2) is 18.3 Å². The third kappa shape index (κ3) is 15.0. The molecule has 17 nitrogen and oxygen atoms in total.